The van der Waals surface area contributed by atoms with Crippen molar-refractivity contribution in [2.24, 2.45) is 7.05 Å². The third-order valence-electron chi connectivity index (χ3n) is 5.28. The third kappa shape index (κ3) is 3.79. The van der Waals surface area contributed by atoms with E-state index in [-0.39, 0.29) is 11.9 Å². The fourth-order valence-corrected chi connectivity index (χ4v) is 3.87. The zero-order valence-corrected chi connectivity index (χ0v) is 15.7. The van der Waals surface area contributed by atoms with E-state index in [0.29, 0.717) is 12.2 Å². The number of hydrogen-bond acceptors (Lipinski definition) is 3. The predicted molar refractivity (Wildman–Crippen MR) is 103 cm³/mol. The van der Waals surface area contributed by atoms with Gasteiger partial charge in [0, 0.05) is 25.5 Å². The fourth-order valence-electron chi connectivity index (χ4n) is 3.87. The fraction of sp³-hybridized carbons (Fsp3) is 0.381. The number of hydrogen-bond donors (Lipinski definition) is 0. The molecule has 140 valence electrons. The quantitative estimate of drug-likeness (QED) is 0.714. The molecule has 0 aliphatic carbocycles. The maximum atomic E-state index is 13.2. The number of likely N-dealkylation sites (tertiary alicyclic amines) is 1. The van der Waals surface area contributed by atoms with Crippen LogP contribution in [0.5, 0.6) is 0 Å². The number of rotatable bonds is 4. The van der Waals surface area contributed by atoms with Gasteiger partial charge in [0.2, 0.25) is 0 Å². The van der Waals surface area contributed by atoms with E-state index in [2.05, 4.69) is 20.9 Å². The molecule has 1 aliphatic heterocycles. The van der Waals surface area contributed by atoms with E-state index in [9.17, 15) is 4.79 Å². The molecular formula is C21H25N5O. The molecule has 27 heavy (non-hydrogen) atoms. The molecule has 4 rings (SSSR count). The highest BCUT2D eigenvalue weighted by Crippen LogP contribution is 2.31. The van der Waals surface area contributed by atoms with Crippen LogP contribution >= 0.6 is 0 Å². The van der Waals surface area contributed by atoms with Crippen LogP contribution in [0.2, 0.25) is 0 Å². The van der Waals surface area contributed by atoms with E-state index in [1.54, 1.807) is 10.9 Å². The van der Waals surface area contributed by atoms with Crippen molar-refractivity contribution in [1.29, 1.82) is 0 Å². The first kappa shape index (κ1) is 17.5. The van der Waals surface area contributed by atoms with Crippen molar-refractivity contribution in [3.63, 3.8) is 0 Å². The first-order valence-corrected chi connectivity index (χ1v) is 9.58. The lowest BCUT2D eigenvalue weighted by atomic mass is 10.1. The lowest BCUT2D eigenvalue weighted by molar-refractivity contribution is 0.0668. The van der Waals surface area contributed by atoms with Crippen molar-refractivity contribution in [3.8, 4) is 0 Å². The molecule has 3 heterocycles. The Morgan fingerprint density at radius 2 is 1.96 bits per heavy atom. The Morgan fingerprint density at radius 1 is 1.11 bits per heavy atom. The van der Waals surface area contributed by atoms with E-state index in [1.165, 1.54) is 5.69 Å². The van der Waals surface area contributed by atoms with Gasteiger partial charge in [0.25, 0.3) is 5.91 Å². The number of carbonyl (C=O) groups is 1. The molecular weight excluding hydrogens is 338 g/mol. The Morgan fingerprint density at radius 3 is 2.74 bits per heavy atom. The average molecular weight is 363 g/mol. The number of aryl methyl sites for hydroxylation is 1. The molecule has 1 unspecified atom stereocenters. The molecule has 0 spiro atoms. The molecule has 1 fully saturated rings. The van der Waals surface area contributed by atoms with Crippen molar-refractivity contribution < 1.29 is 4.79 Å². The Kier molecular flexibility index (Phi) is 5.05. The maximum Gasteiger partial charge on any atom is 0.276 e. The van der Waals surface area contributed by atoms with Gasteiger partial charge >= 0.3 is 0 Å². The summed E-state index contributed by atoms with van der Waals surface area (Å²) >= 11 is 0. The molecule has 1 saturated heterocycles. The van der Waals surface area contributed by atoms with Crippen LogP contribution in [0, 0.1) is 0 Å². The summed E-state index contributed by atoms with van der Waals surface area (Å²) in [5.41, 5.74) is 2.74. The van der Waals surface area contributed by atoms with Crippen LogP contribution in [-0.4, -0.2) is 36.9 Å². The minimum absolute atomic E-state index is 0.0255. The average Bonchev–Trinajstić information content (AvgIpc) is 3.25. The van der Waals surface area contributed by atoms with Gasteiger partial charge in [-0.2, -0.15) is 0 Å². The number of benzene rings is 1. The highest BCUT2D eigenvalue weighted by Gasteiger charge is 2.30. The summed E-state index contributed by atoms with van der Waals surface area (Å²) in [5, 5.41) is 8.34. The Balaban J connectivity index is 1.56. The first-order valence-electron chi connectivity index (χ1n) is 9.58. The van der Waals surface area contributed by atoms with Crippen molar-refractivity contribution in [1.82, 2.24) is 24.5 Å². The zero-order valence-electron chi connectivity index (χ0n) is 15.7. The van der Waals surface area contributed by atoms with Gasteiger partial charge in [0.15, 0.2) is 5.69 Å². The first-order chi connectivity index (χ1) is 13.2. The van der Waals surface area contributed by atoms with E-state index < -0.39 is 0 Å². The topological polar surface area (TPSA) is 56.0 Å². The lowest BCUT2D eigenvalue weighted by Crippen LogP contribution is -2.35. The molecule has 0 bridgehead atoms. The number of carbonyl (C=O) groups excluding carboxylic acids is 1. The minimum Gasteiger partial charge on any atom is -0.353 e. The molecule has 0 radical (unpaired) electrons. The van der Waals surface area contributed by atoms with Gasteiger partial charge in [0.1, 0.15) is 0 Å². The van der Waals surface area contributed by atoms with Crippen LogP contribution in [0.1, 0.15) is 53.5 Å². The van der Waals surface area contributed by atoms with E-state index in [4.69, 9.17) is 0 Å². The smallest absolute Gasteiger partial charge is 0.276 e. The standard InChI is InChI=1S/C21H25N5O/c1-24-13-8-12-19(24)20-11-6-3-7-14-26(20)21(27)18-16-25(23-22-18)15-17-9-4-2-5-10-17/h2,4-5,8-10,12-13,16,20H,3,6-7,11,14-15H2,1H3. The molecule has 1 aliphatic rings. The molecule has 0 N–H and O–H groups in total. The Bertz CT molecular complexity index is 898. The van der Waals surface area contributed by atoms with E-state index in [1.807, 2.05) is 54.5 Å². The maximum absolute atomic E-state index is 13.2. The summed E-state index contributed by atoms with van der Waals surface area (Å²) in [6, 6.07) is 14.3. The highest BCUT2D eigenvalue weighted by atomic mass is 16.2. The Hall–Kier alpha value is -2.89. The van der Waals surface area contributed by atoms with Crippen LogP contribution in [0.3, 0.4) is 0 Å². The Labute approximate surface area is 159 Å². The van der Waals surface area contributed by atoms with Crippen molar-refractivity contribution in [3.05, 3.63) is 71.8 Å². The van der Waals surface area contributed by atoms with Gasteiger partial charge in [-0.3, -0.25) is 4.79 Å². The van der Waals surface area contributed by atoms with Gasteiger partial charge in [-0.05, 0) is 30.5 Å². The molecule has 0 saturated carbocycles. The van der Waals surface area contributed by atoms with E-state index in [0.717, 1.165) is 37.8 Å². The summed E-state index contributed by atoms with van der Waals surface area (Å²) in [5.74, 6) is -0.0255. The monoisotopic (exact) mass is 363 g/mol. The van der Waals surface area contributed by atoms with Gasteiger partial charge in [0.05, 0.1) is 18.8 Å². The molecule has 1 aromatic carbocycles. The SMILES string of the molecule is Cn1cccc1C1CCCCCN1C(=O)c1cn(Cc2ccccc2)nn1. The van der Waals surface area contributed by atoms with Crippen LogP contribution in [0.15, 0.2) is 54.9 Å². The molecule has 6 heteroatoms. The summed E-state index contributed by atoms with van der Waals surface area (Å²) in [4.78, 5) is 15.2. The van der Waals surface area contributed by atoms with Crippen molar-refractivity contribution in [2.75, 3.05) is 6.54 Å². The largest absolute Gasteiger partial charge is 0.353 e. The van der Waals surface area contributed by atoms with E-state index >= 15 is 0 Å². The lowest BCUT2D eigenvalue weighted by Gasteiger charge is -2.30. The summed E-state index contributed by atoms with van der Waals surface area (Å²) in [6.07, 6.45) is 8.12. The van der Waals surface area contributed by atoms with Crippen LogP contribution in [0.4, 0.5) is 0 Å². The number of nitrogens with zero attached hydrogens (tertiary/aromatic N) is 5. The molecule has 2 aromatic heterocycles. The zero-order chi connectivity index (χ0) is 18.6. The van der Waals surface area contributed by atoms with Crippen molar-refractivity contribution in [2.45, 2.75) is 38.3 Å². The normalized spacial score (nSPS) is 17.7. The van der Waals surface area contributed by atoms with Gasteiger partial charge in [-0.1, -0.05) is 48.4 Å². The second kappa shape index (κ2) is 7.78. The van der Waals surface area contributed by atoms with Crippen LogP contribution in [-0.2, 0) is 13.6 Å². The summed E-state index contributed by atoms with van der Waals surface area (Å²) in [6.45, 7) is 1.38. The van der Waals surface area contributed by atoms with Crippen LogP contribution in [0.25, 0.3) is 0 Å². The molecule has 6 nitrogen and oxygen atoms in total. The second-order valence-electron chi connectivity index (χ2n) is 7.19. The van der Waals surface area contributed by atoms with Crippen molar-refractivity contribution >= 4 is 5.91 Å². The summed E-state index contributed by atoms with van der Waals surface area (Å²) in [7, 11) is 2.04. The third-order valence-corrected chi connectivity index (χ3v) is 5.28. The number of amides is 1. The molecule has 3 aromatic rings. The number of aromatic nitrogens is 4. The van der Waals surface area contributed by atoms with Gasteiger partial charge in [-0.15, -0.1) is 5.10 Å². The predicted octanol–water partition coefficient (Wildman–Crippen LogP) is 3.42. The molecule has 1 amide bonds. The highest BCUT2D eigenvalue weighted by molar-refractivity contribution is 5.92. The van der Waals surface area contributed by atoms with Crippen LogP contribution < -0.4 is 0 Å². The summed E-state index contributed by atoms with van der Waals surface area (Å²) < 4.78 is 3.85. The molecule has 1 atom stereocenters. The second-order valence-corrected chi connectivity index (χ2v) is 7.19. The van der Waals surface area contributed by atoms with Gasteiger partial charge < -0.3 is 9.47 Å². The van der Waals surface area contributed by atoms with Gasteiger partial charge in [-0.25, -0.2) is 4.68 Å². The minimum atomic E-state index is -0.0255.